The van der Waals surface area contributed by atoms with E-state index in [1.165, 1.54) is 0 Å². The Morgan fingerprint density at radius 3 is 2.77 bits per heavy atom. The van der Waals surface area contributed by atoms with Gasteiger partial charge in [-0.1, -0.05) is 17.7 Å². The zero-order valence-electron chi connectivity index (χ0n) is 12.5. The molecular formula is C18H16ClNO2. The van der Waals surface area contributed by atoms with Gasteiger partial charge in [0.05, 0.1) is 12.3 Å². The number of hydrogen-bond acceptors (Lipinski definition) is 2. The van der Waals surface area contributed by atoms with Crippen LogP contribution in [0.2, 0.25) is 5.02 Å². The van der Waals surface area contributed by atoms with Gasteiger partial charge in [0.1, 0.15) is 5.75 Å². The Bertz CT molecular complexity index is 852. The van der Waals surface area contributed by atoms with Crippen molar-refractivity contribution in [3.05, 3.63) is 58.9 Å². The maximum absolute atomic E-state index is 11.6. The second-order valence-electron chi connectivity index (χ2n) is 5.08. The molecule has 0 aliphatic carbocycles. The molecule has 3 rings (SSSR count). The fraction of sp³-hybridized carbons (Fsp3) is 0.167. The standard InChI is InChI=1S/C18H16ClNO2/c1-3-22-18-7-6-13(19)9-15(18)14-10-16-12(2)5-4-8-20(16)17(14)11-21/h4-11H,3H2,1-2H3. The molecule has 3 nitrogen and oxygen atoms in total. The Kier molecular flexibility index (Phi) is 3.90. The Balaban J connectivity index is 2.33. The lowest BCUT2D eigenvalue weighted by molar-refractivity contribution is 0.111. The molecule has 0 atom stereocenters. The van der Waals surface area contributed by atoms with Crippen LogP contribution in [0.15, 0.2) is 42.6 Å². The minimum atomic E-state index is 0.553. The number of aldehydes is 1. The van der Waals surface area contributed by atoms with E-state index < -0.39 is 0 Å². The van der Waals surface area contributed by atoms with Crippen molar-refractivity contribution in [1.29, 1.82) is 0 Å². The first-order chi connectivity index (χ1) is 10.7. The number of carbonyl (C=O) groups excluding carboxylic acids is 1. The summed E-state index contributed by atoms with van der Waals surface area (Å²) in [6.07, 6.45) is 2.76. The number of benzene rings is 1. The SMILES string of the molecule is CCOc1ccc(Cl)cc1-c1cc2c(C)cccn2c1C=O. The Labute approximate surface area is 134 Å². The topological polar surface area (TPSA) is 30.7 Å². The van der Waals surface area contributed by atoms with Gasteiger partial charge in [-0.15, -0.1) is 0 Å². The van der Waals surface area contributed by atoms with Gasteiger partial charge >= 0.3 is 0 Å². The molecule has 112 valence electrons. The Morgan fingerprint density at radius 2 is 2.05 bits per heavy atom. The third kappa shape index (κ3) is 2.38. The molecule has 0 saturated carbocycles. The monoisotopic (exact) mass is 313 g/mol. The molecule has 4 heteroatoms. The van der Waals surface area contributed by atoms with Gasteiger partial charge < -0.3 is 9.14 Å². The van der Waals surface area contributed by atoms with Gasteiger partial charge in [-0.25, -0.2) is 0 Å². The van der Waals surface area contributed by atoms with Crippen LogP contribution >= 0.6 is 11.6 Å². The molecule has 0 spiro atoms. The summed E-state index contributed by atoms with van der Waals surface area (Å²) >= 11 is 6.14. The predicted octanol–water partition coefficient (Wildman–Crippen LogP) is 4.78. The van der Waals surface area contributed by atoms with Crippen molar-refractivity contribution >= 4 is 23.4 Å². The smallest absolute Gasteiger partial charge is 0.167 e. The van der Waals surface area contributed by atoms with E-state index >= 15 is 0 Å². The number of fused-ring (bicyclic) bond motifs is 1. The van der Waals surface area contributed by atoms with E-state index in [0.717, 1.165) is 34.2 Å². The third-order valence-corrected chi connectivity index (χ3v) is 3.94. The van der Waals surface area contributed by atoms with E-state index in [4.69, 9.17) is 16.3 Å². The number of halogens is 1. The van der Waals surface area contributed by atoms with E-state index in [1.807, 2.05) is 54.8 Å². The van der Waals surface area contributed by atoms with Gasteiger partial charge in [0.25, 0.3) is 0 Å². The Hall–Kier alpha value is -2.26. The Morgan fingerprint density at radius 1 is 1.23 bits per heavy atom. The first-order valence-electron chi connectivity index (χ1n) is 7.14. The predicted molar refractivity (Wildman–Crippen MR) is 89.1 cm³/mol. The van der Waals surface area contributed by atoms with Crippen molar-refractivity contribution in [1.82, 2.24) is 4.40 Å². The van der Waals surface area contributed by atoms with E-state index in [9.17, 15) is 4.79 Å². The molecule has 0 aliphatic rings. The van der Waals surface area contributed by atoms with Crippen molar-refractivity contribution in [2.45, 2.75) is 13.8 Å². The number of aryl methyl sites for hydroxylation is 1. The fourth-order valence-electron chi connectivity index (χ4n) is 2.69. The number of aromatic nitrogens is 1. The maximum Gasteiger partial charge on any atom is 0.167 e. The molecule has 0 aliphatic heterocycles. The van der Waals surface area contributed by atoms with Crippen LogP contribution < -0.4 is 4.74 Å². The van der Waals surface area contributed by atoms with Crippen molar-refractivity contribution in [2.75, 3.05) is 6.61 Å². The quantitative estimate of drug-likeness (QED) is 0.649. The summed E-state index contributed by atoms with van der Waals surface area (Å²) in [5.41, 5.74) is 4.37. The maximum atomic E-state index is 11.6. The van der Waals surface area contributed by atoms with Crippen molar-refractivity contribution in [3.8, 4) is 16.9 Å². The minimum Gasteiger partial charge on any atom is -0.493 e. The molecule has 0 radical (unpaired) electrons. The summed E-state index contributed by atoms with van der Waals surface area (Å²) in [5, 5.41) is 0.613. The van der Waals surface area contributed by atoms with Crippen LogP contribution in [-0.4, -0.2) is 17.3 Å². The molecule has 0 fully saturated rings. The number of nitrogens with zero attached hydrogens (tertiary/aromatic N) is 1. The zero-order valence-corrected chi connectivity index (χ0v) is 13.2. The summed E-state index contributed by atoms with van der Waals surface area (Å²) in [4.78, 5) is 11.6. The highest BCUT2D eigenvalue weighted by Crippen LogP contribution is 2.36. The zero-order chi connectivity index (χ0) is 15.7. The van der Waals surface area contributed by atoms with Gasteiger partial charge in [0.2, 0.25) is 0 Å². The second-order valence-corrected chi connectivity index (χ2v) is 5.52. The van der Waals surface area contributed by atoms with E-state index in [2.05, 4.69) is 0 Å². The van der Waals surface area contributed by atoms with E-state index in [-0.39, 0.29) is 0 Å². The normalized spacial score (nSPS) is 10.9. The third-order valence-electron chi connectivity index (χ3n) is 3.70. The summed E-state index contributed by atoms with van der Waals surface area (Å²) in [6, 6.07) is 11.4. The highest BCUT2D eigenvalue weighted by Gasteiger charge is 2.16. The first kappa shape index (κ1) is 14.7. The highest BCUT2D eigenvalue weighted by molar-refractivity contribution is 6.31. The average molecular weight is 314 g/mol. The average Bonchev–Trinajstić information content (AvgIpc) is 2.89. The number of ether oxygens (including phenoxy) is 1. The molecular weight excluding hydrogens is 298 g/mol. The fourth-order valence-corrected chi connectivity index (χ4v) is 2.87. The van der Waals surface area contributed by atoms with Crippen LogP contribution in [0.1, 0.15) is 23.0 Å². The lowest BCUT2D eigenvalue weighted by Gasteiger charge is -2.10. The lowest BCUT2D eigenvalue weighted by Crippen LogP contribution is -1.96. The van der Waals surface area contributed by atoms with Gasteiger partial charge in [0.15, 0.2) is 6.29 Å². The molecule has 1 aromatic carbocycles. The van der Waals surface area contributed by atoms with Crippen LogP contribution in [0.25, 0.3) is 16.6 Å². The lowest BCUT2D eigenvalue weighted by atomic mass is 10.0. The summed E-state index contributed by atoms with van der Waals surface area (Å²) < 4.78 is 7.59. The van der Waals surface area contributed by atoms with E-state index in [0.29, 0.717) is 17.3 Å². The highest BCUT2D eigenvalue weighted by atomic mass is 35.5. The van der Waals surface area contributed by atoms with Crippen LogP contribution in [0.4, 0.5) is 0 Å². The second kappa shape index (κ2) is 5.85. The molecule has 2 heterocycles. The van der Waals surface area contributed by atoms with E-state index in [1.54, 1.807) is 6.07 Å². The first-order valence-corrected chi connectivity index (χ1v) is 7.52. The molecule has 0 bridgehead atoms. The molecule has 0 N–H and O–H groups in total. The molecule has 0 amide bonds. The molecule has 0 saturated heterocycles. The van der Waals surface area contributed by atoms with Crippen LogP contribution in [0.5, 0.6) is 5.75 Å². The molecule has 2 aromatic heterocycles. The molecule has 0 unspecified atom stereocenters. The molecule has 22 heavy (non-hydrogen) atoms. The summed E-state index contributed by atoms with van der Waals surface area (Å²) in [7, 11) is 0. The number of carbonyl (C=O) groups is 1. The minimum absolute atomic E-state index is 0.553. The summed E-state index contributed by atoms with van der Waals surface area (Å²) in [6.45, 7) is 4.51. The van der Waals surface area contributed by atoms with Gasteiger partial charge in [-0.3, -0.25) is 4.79 Å². The van der Waals surface area contributed by atoms with Crippen molar-refractivity contribution in [2.24, 2.45) is 0 Å². The van der Waals surface area contributed by atoms with Gasteiger partial charge in [-0.05, 0) is 49.7 Å². The van der Waals surface area contributed by atoms with Crippen LogP contribution in [0.3, 0.4) is 0 Å². The number of pyridine rings is 1. The molecule has 3 aromatic rings. The number of rotatable bonds is 4. The van der Waals surface area contributed by atoms with Crippen LogP contribution in [-0.2, 0) is 0 Å². The van der Waals surface area contributed by atoms with Crippen LogP contribution in [0, 0.1) is 6.92 Å². The van der Waals surface area contributed by atoms with Gasteiger partial charge in [-0.2, -0.15) is 0 Å². The largest absolute Gasteiger partial charge is 0.493 e. The number of hydrogen-bond donors (Lipinski definition) is 0. The van der Waals surface area contributed by atoms with Crippen molar-refractivity contribution < 1.29 is 9.53 Å². The van der Waals surface area contributed by atoms with Crippen molar-refractivity contribution in [3.63, 3.8) is 0 Å². The van der Waals surface area contributed by atoms with Gasteiger partial charge in [0, 0.05) is 27.9 Å². The summed E-state index contributed by atoms with van der Waals surface area (Å²) in [5.74, 6) is 0.726.